The number of esters is 1. The van der Waals surface area contributed by atoms with Crippen LogP contribution in [0.4, 0.5) is 0 Å². The van der Waals surface area contributed by atoms with Crippen LogP contribution in [0.25, 0.3) is 0 Å². The maximum atomic E-state index is 9.98. The maximum Gasteiger partial charge on any atom is 0.341 e. The molecule has 0 heterocycles. The molecule has 4 heteroatoms. The van der Waals surface area contributed by atoms with Crippen molar-refractivity contribution in [3.63, 3.8) is 0 Å². The van der Waals surface area contributed by atoms with Gasteiger partial charge in [0.2, 0.25) is 0 Å². The molecule has 0 radical (unpaired) electrons. The summed E-state index contributed by atoms with van der Waals surface area (Å²) in [6.45, 7) is 1.71. The first-order valence-corrected chi connectivity index (χ1v) is 2.11. The quantitative estimate of drug-likeness (QED) is 0.268. The molecule has 0 saturated heterocycles. The predicted molar refractivity (Wildman–Crippen MR) is 24.4 cm³/mol. The minimum atomic E-state index is -1.30. The van der Waals surface area contributed by atoms with Crippen molar-refractivity contribution in [3.05, 3.63) is 0 Å². The van der Waals surface area contributed by atoms with E-state index in [1.54, 1.807) is 6.92 Å². The molecule has 1 N–H and O–H groups in total. The van der Waals surface area contributed by atoms with Crippen LogP contribution in [0.5, 0.6) is 0 Å². The smallest absolute Gasteiger partial charge is 0.341 e. The van der Waals surface area contributed by atoms with Gasteiger partial charge in [-0.2, -0.15) is 0 Å². The van der Waals surface area contributed by atoms with Crippen LogP contribution < -0.4 is 5.11 Å². The van der Waals surface area contributed by atoms with Gasteiger partial charge >= 0.3 is 5.97 Å². The molecule has 0 fully saturated rings. The van der Waals surface area contributed by atoms with Crippen molar-refractivity contribution in [2.24, 2.45) is 0 Å². The first kappa shape index (κ1) is 6.94. The monoisotopic (exact) mass is 116 g/mol. The average Bonchev–Trinajstić information content (AvgIpc) is 1.67. The fourth-order valence-corrected chi connectivity index (χ4v) is 0.197. The topological polar surface area (TPSA) is 73.2 Å². The predicted octanol–water partition coefficient (Wildman–Crippen LogP) is -1.11. The summed E-state index contributed by atoms with van der Waals surface area (Å²) in [4.78, 5) is 9.98. The van der Waals surface area contributed by atoms with Gasteiger partial charge in [0.15, 0.2) is 0 Å². The number of ether oxygens (including phenoxy) is 1. The first-order valence-electron chi connectivity index (χ1n) is 2.11. The number of hydrogen-bond donors (Lipinski definition) is 1. The molecule has 46 valence electrons. The Balaban J connectivity index is 3.49. The van der Waals surface area contributed by atoms with Crippen molar-refractivity contribution in [2.45, 2.75) is 6.92 Å². The van der Waals surface area contributed by atoms with Crippen LogP contribution in [0.1, 0.15) is 6.92 Å². The molecule has 0 aromatic carbocycles. The first-order chi connectivity index (χ1) is 3.68. The van der Waals surface area contributed by atoms with Gasteiger partial charge in [-0.3, -0.25) is 0 Å². The second-order valence-corrected chi connectivity index (χ2v) is 1.05. The SMILES string of the molecule is CCOC(=O)C(=N)[O-]. The van der Waals surface area contributed by atoms with Crippen LogP contribution in [-0.2, 0) is 9.53 Å². The second-order valence-electron chi connectivity index (χ2n) is 1.05. The Bertz CT molecular complexity index is 110. The zero-order valence-corrected chi connectivity index (χ0v) is 4.43. The lowest BCUT2D eigenvalue weighted by molar-refractivity contribution is -0.225. The number of hydrogen-bond acceptors (Lipinski definition) is 4. The molecular formula is C4H6NO3-. The molecular weight excluding hydrogens is 110 g/mol. The highest BCUT2D eigenvalue weighted by Gasteiger charge is 1.95. The molecule has 0 saturated carbocycles. The van der Waals surface area contributed by atoms with Gasteiger partial charge in [0.05, 0.1) is 12.5 Å². The van der Waals surface area contributed by atoms with E-state index in [9.17, 15) is 9.90 Å². The van der Waals surface area contributed by atoms with Crippen LogP contribution in [0, 0.1) is 5.41 Å². The lowest BCUT2D eigenvalue weighted by Gasteiger charge is -2.03. The molecule has 0 aromatic heterocycles. The minimum Gasteiger partial charge on any atom is -0.854 e. The number of nitrogens with one attached hydrogen (secondary N) is 1. The van der Waals surface area contributed by atoms with Crippen molar-refractivity contribution in [3.8, 4) is 0 Å². The van der Waals surface area contributed by atoms with Gasteiger partial charge in [-0.1, -0.05) is 0 Å². The molecule has 0 spiro atoms. The van der Waals surface area contributed by atoms with Gasteiger partial charge in [-0.05, 0) is 6.92 Å². The van der Waals surface area contributed by atoms with Gasteiger partial charge in [0.25, 0.3) is 0 Å². The lowest BCUT2D eigenvalue weighted by atomic mass is 10.7. The number of carbonyl (C=O) groups excluding carboxylic acids is 1. The summed E-state index contributed by atoms with van der Waals surface area (Å²) in [6, 6.07) is 0. The van der Waals surface area contributed by atoms with E-state index in [-0.39, 0.29) is 6.61 Å². The van der Waals surface area contributed by atoms with Crippen molar-refractivity contribution in [1.29, 1.82) is 5.41 Å². The Morgan fingerprint density at radius 1 is 1.88 bits per heavy atom. The summed E-state index contributed by atoms with van der Waals surface area (Å²) < 4.78 is 4.13. The summed E-state index contributed by atoms with van der Waals surface area (Å²) in [5.41, 5.74) is 0. The van der Waals surface area contributed by atoms with Gasteiger partial charge < -0.3 is 15.3 Å². The molecule has 0 bridgehead atoms. The Hall–Kier alpha value is -1.06. The Kier molecular flexibility index (Phi) is 2.61. The van der Waals surface area contributed by atoms with E-state index in [2.05, 4.69) is 4.74 Å². The fraction of sp³-hybridized carbons (Fsp3) is 0.500. The minimum absolute atomic E-state index is 0.142. The number of carbonyl (C=O) groups is 1. The Morgan fingerprint density at radius 3 is 2.50 bits per heavy atom. The zero-order chi connectivity index (χ0) is 6.57. The Labute approximate surface area is 46.6 Å². The van der Waals surface area contributed by atoms with Crippen molar-refractivity contribution < 1.29 is 14.6 Å². The molecule has 0 aliphatic carbocycles. The van der Waals surface area contributed by atoms with Gasteiger partial charge in [-0.25, -0.2) is 4.79 Å². The average molecular weight is 116 g/mol. The third-order valence-electron chi connectivity index (χ3n) is 0.461. The maximum absolute atomic E-state index is 9.98. The molecule has 0 aromatic rings. The van der Waals surface area contributed by atoms with Crippen LogP contribution in [0.2, 0.25) is 0 Å². The fourth-order valence-electron chi connectivity index (χ4n) is 0.197. The van der Waals surface area contributed by atoms with E-state index >= 15 is 0 Å². The van der Waals surface area contributed by atoms with E-state index in [0.717, 1.165) is 0 Å². The standard InChI is InChI=1S/C4H7NO3/c1-2-8-4(7)3(5)6/h2H2,1H3,(H2,5,6)/p-1. The molecule has 0 aliphatic heterocycles. The van der Waals surface area contributed by atoms with Crippen LogP contribution in [0.15, 0.2) is 0 Å². The largest absolute Gasteiger partial charge is 0.854 e. The van der Waals surface area contributed by atoms with E-state index in [4.69, 9.17) is 5.41 Å². The molecule has 0 amide bonds. The molecule has 0 atom stereocenters. The van der Waals surface area contributed by atoms with Crippen LogP contribution in [-0.4, -0.2) is 18.5 Å². The third kappa shape index (κ3) is 2.17. The number of rotatable bonds is 1. The molecule has 4 nitrogen and oxygen atoms in total. The normalized spacial score (nSPS) is 8.12. The van der Waals surface area contributed by atoms with Crippen LogP contribution >= 0.6 is 0 Å². The highest BCUT2D eigenvalue weighted by Crippen LogP contribution is 1.72. The van der Waals surface area contributed by atoms with E-state index in [1.807, 2.05) is 0 Å². The summed E-state index contributed by atoms with van der Waals surface area (Å²) in [5.74, 6) is -2.39. The zero-order valence-electron chi connectivity index (χ0n) is 4.43. The van der Waals surface area contributed by atoms with E-state index < -0.39 is 11.9 Å². The van der Waals surface area contributed by atoms with Gasteiger partial charge in [0.1, 0.15) is 0 Å². The van der Waals surface area contributed by atoms with Crippen molar-refractivity contribution in [1.82, 2.24) is 0 Å². The Morgan fingerprint density at radius 2 is 2.38 bits per heavy atom. The summed E-state index contributed by atoms with van der Waals surface area (Å²) in [5, 5.41) is 15.9. The van der Waals surface area contributed by atoms with Crippen molar-refractivity contribution in [2.75, 3.05) is 6.61 Å². The van der Waals surface area contributed by atoms with Gasteiger partial charge in [0, 0.05) is 0 Å². The summed E-state index contributed by atoms with van der Waals surface area (Å²) in [7, 11) is 0. The van der Waals surface area contributed by atoms with Crippen LogP contribution in [0.3, 0.4) is 0 Å². The second kappa shape index (κ2) is 3.01. The molecule has 8 heavy (non-hydrogen) atoms. The lowest BCUT2D eigenvalue weighted by Crippen LogP contribution is -2.28. The van der Waals surface area contributed by atoms with E-state index in [1.165, 1.54) is 0 Å². The highest BCUT2D eigenvalue weighted by atomic mass is 16.5. The molecule has 0 aliphatic rings. The van der Waals surface area contributed by atoms with Gasteiger partial charge in [-0.15, -0.1) is 0 Å². The van der Waals surface area contributed by atoms with E-state index in [0.29, 0.717) is 0 Å². The third-order valence-corrected chi connectivity index (χ3v) is 0.461. The summed E-state index contributed by atoms with van der Waals surface area (Å²) in [6.07, 6.45) is 0. The molecule has 0 unspecified atom stereocenters. The molecule has 0 rings (SSSR count). The van der Waals surface area contributed by atoms with Crippen molar-refractivity contribution >= 4 is 11.9 Å². The summed E-state index contributed by atoms with van der Waals surface area (Å²) >= 11 is 0. The highest BCUT2D eigenvalue weighted by molar-refractivity contribution is 6.28.